The molecule has 0 saturated heterocycles. The number of hydrogen-bond donors (Lipinski definition) is 1. The number of methoxy groups -OCH3 is 1. The summed E-state index contributed by atoms with van der Waals surface area (Å²) >= 11 is 1.37. The van der Waals surface area contributed by atoms with Crippen LogP contribution in [0.3, 0.4) is 0 Å². The van der Waals surface area contributed by atoms with Gasteiger partial charge in [-0.05, 0) is 6.92 Å². The first-order chi connectivity index (χ1) is 8.79. The van der Waals surface area contributed by atoms with Gasteiger partial charge in [-0.2, -0.15) is 0 Å². The molecule has 1 aromatic heterocycles. The zero-order chi connectivity index (χ0) is 13.2. The van der Waals surface area contributed by atoms with Crippen molar-refractivity contribution in [3.05, 3.63) is 11.2 Å². The summed E-state index contributed by atoms with van der Waals surface area (Å²) < 4.78 is 15.1. The fourth-order valence-electron chi connectivity index (χ4n) is 1.20. The third-order valence-corrected chi connectivity index (χ3v) is 2.78. The molecular formula is C11H18N2O4S. The van der Waals surface area contributed by atoms with Gasteiger partial charge in [-0.3, -0.25) is 0 Å². The van der Waals surface area contributed by atoms with Gasteiger partial charge in [-0.15, -0.1) is 11.3 Å². The molecule has 0 bridgehead atoms. The molecule has 1 aromatic rings. The monoisotopic (exact) mass is 274 g/mol. The number of nitrogens with one attached hydrogen (secondary N) is 1. The van der Waals surface area contributed by atoms with Gasteiger partial charge in [-0.1, -0.05) is 0 Å². The predicted molar refractivity (Wildman–Crippen MR) is 69.3 cm³/mol. The molecule has 1 N–H and O–H groups in total. The van der Waals surface area contributed by atoms with Crippen LogP contribution in [0.15, 0.2) is 5.51 Å². The van der Waals surface area contributed by atoms with Crippen molar-refractivity contribution in [2.24, 2.45) is 0 Å². The van der Waals surface area contributed by atoms with Crippen molar-refractivity contribution in [2.45, 2.75) is 6.92 Å². The lowest BCUT2D eigenvalue weighted by Gasteiger charge is -2.06. The van der Waals surface area contributed by atoms with Crippen molar-refractivity contribution in [3.63, 3.8) is 0 Å². The zero-order valence-corrected chi connectivity index (χ0v) is 11.4. The van der Waals surface area contributed by atoms with E-state index in [1.165, 1.54) is 11.3 Å². The number of rotatable bonds is 9. The SMILES string of the molecule is CCOC(=O)c1ncsc1NCCOCCOC. The summed E-state index contributed by atoms with van der Waals surface area (Å²) in [5.74, 6) is -0.401. The summed E-state index contributed by atoms with van der Waals surface area (Å²) in [6.45, 7) is 4.40. The van der Waals surface area contributed by atoms with Crippen molar-refractivity contribution in [2.75, 3.05) is 45.4 Å². The normalized spacial score (nSPS) is 10.3. The number of hydrogen-bond acceptors (Lipinski definition) is 7. The maximum absolute atomic E-state index is 11.5. The largest absolute Gasteiger partial charge is 0.461 e. The van der Waals surface area contributed by atoms with Crippen LogP contribution in [0.5, 0.6) is 0 Å². The average Bonchev–Trinajstić information content (AvgIpc) is 2.82. The number of ether oxygens (including phenoxy) is 3. The van der Waals surface area contributed by atoms with E-state index in [9.17, 15) is 4.79 Å². The average molecular weight is 274 g/mol. The fraction of sp³-hybridized carbons (Fsp3) is 0.636. The molecule has 1 rings (SSSR count). The number of nitrogens with zero attached hydrogens (tertiary/aromatic N) is 1. The molecular weight excluding hydrogens is 256 g/mol. The molecule has 0 unspecified atom stereocenters. The van der Waals surface area contributed by atoms with Crippen molar-refractivity contribution in [1.82, 2.24) is 4.98 Å². The topological polar surface area (TPSA) is 69.7 Å². The van der Waals surface area contributed by atoms with Gasteiger partial charge < -0.3 is 19.5 Å². The van der Waals surface area contributed by atoms with E-state index in [2.05, 4.69) is 10.3 Å². The number of anilines is 1. The highest BCUT2D eigenvalue weighted by Gasteiger charge is 2.15. The van der Waals surface area contributed by atoms with Crippen molar-refractivity contribution >= 4 is 22.3 Å². The van der Waals surface area contributed by atoms with Gasteiger partial charge in [0.05, 0.1) is 31.9 Å². The number of aromatic nitrogens is 1. The molecule has 0 spiro atoms. The van der Waals surface area contributed by atoms with Crippen LogP contribution >= 0.6 is 11.3 Å². The van der Waals surface area contributed by atoms with Gasteiger partial charge in [0.2, 0.25) is 0 Å². The van der Waals surface area contributed by atoms with Gasteiger partial charge in [0.15, 0.2) is 5.69 Å². The quantitative estimate of drug-likeness (QED) is 0.542. The first-order valence-electron chi connectivity index (χ1n) is 5.70. The van der Waals surface area contributed by atoms with Crippen LogP contribution in [0.4, 0.5) is 5.00 Å². The Hall–Kier alpha value is -1.18. The Morgan fingerprint density at radius 3 is 3.00 bits per heavy atom. The van der Waals surface area contributed by atoms with E-state index in [1.807, 2.05) is 0 Å². The van der Waals surface area contributed by atoms with Crippen molar-refractivity contribution in [3.8, 4) is 0 Å². The van der Waals surface area contributed by atoms with Gasteiger partial charge in [0, 0.05) is 13.7 Å². The highest BCUT2D eigenvalue weighted by molar-refractivity contribution is 7.14. The molecule has 7 heteroatoms. The first-order valence-corrected chi connectivity index (χ1v) is 6.58. The summed E-state index contributed by atoms with van der Waals surface area (Å²) in [4.78, 5) is 15.5. The van der Waals surface area contributed by atoms with E-state index in [1.54, 1.807) is 19.5 Å². The minimum Gasteiger partial charge on any atom is -0.461 e. The second kappa shape index (κ2) is 8.84. The summed E-state index contributed by atoms with van der Waals surface area (Å²) in [6, 6.07) is 0. The van der Waals surface area contributed by atoms with E-state index >= 15 is 0 Å². The van der Waals surface area contributed by atoms with Crippen molar-refractivity contribution < 1.29 is 19.0 Å². The molecule has 0 amide bonds. The zero-order valence-electron chi connectivity index (χ0n) is 10.6. The van der Waals surface area contributed by atoms with Crippen LogP contribution in [0.2, 0.25) is 0 Å². The Morgan fingerprint density at radius 1 is 1.44 bits per heavy atom. The molecule has 1 heterocycles. The summed E-state index contributed by atoms with van der Waals surface area (Å²) in [7, 11) is 1.63. The highest BCUT2D eigenvalue weighted by atomic mass is 32.1. The highest BCUT2D eigenvalue weighted by Crippen LogP contribution is 2.20. The maximum atomic E-state index is 11.5. The molecule has 6 nitrogen and oxygen atoms in total. The Balaban J connectivity index is 2.30. The molecule has 0 aromatic carbocycles. The van der Waals surface area contributed by atoms with Crippen LogP contribution in [0, 0.1) is 0 Å². The molecule has 0 atom stereocenters. The summed E-state index contributed by atoms with van der Waals surface area (Å²) in [5, 5.41) is 3.81. The van der Waals surface area contributed by atoms with Gasteiger partial charge in [0.1, 0.15) is 5.00 Å². The third kappa shape index (κ3) is 4.99. The Morgan fingerprint density at radius 2 is 2.28 bits per heavy atom. The summed E-state index contributed by atoms with van der Waals surface area (Å²) in [6.07, 6.45) is 0. The standard InChI is InChI=1S/C11H18N2O4S/c1-3-17-11(14)9-10(18-8-13-9)12-4-5-16-7-6-15-2/h8,12H,3-7H2,1-2H3. The second-order valence-corrected chi connectivity index (χ2v) is 4.14. The molecule has 0 radical (unpaired) electrons. The van der Waals surface area contributed by atoms with Crippen LogP contribution in [0.1, 0.15) is 17.4 Å². The van der Waals surface area contributed by atoms with Crippen LogP contribution in [0.25, 0.3) is 0 Å². The number of thiazole rings is 1. The number of esters is 1. The van der Waals surface area contributed by atoms with E-state index < -0.39 is 5.97 Å². The smallest absolute Gasteiger partial charge is 0.360 e. The fourth-order valence-corrected chi connectivity index (χ4v) is 1.89. The van der Waals surface area contributed by atoms with E-state index in [0.717, 1.165) is 0 Å². The molecule has 0 saturated carbocycles. The summed E-state index contributed by atoms with van der Waals surface area (Å²) in [5.41, 5.74) is 1.94. The Bertz CT molecular complexity index is 357. The lowest BCUT2D eigenvalue weighted by Crippen LogP contribution is -2.14. The van der Waals surface area contributed by atoms with Crippen LogP contribution < -0.4 is 5.32 Å². The van der Waals surface area contributed by atoms with E-state index in [0.29, 0.717) is 43.7 Å². The van der Waals surface area contributed by atoms with E-state index in [4.69, 9.17) is 14.2 Å². The Kier molecular flexibility index (Phi) is 7.31. The minimum absolute atomic E-state index is 0.332. The predicted octanol–water partition coefficient (Wildman–Crippen LogP) is 1.39. The minimum atomic E-state index is -0.401. The van der Waals surface area contributed by atoms with Crippen LogP contribution in [-0.2, 0) is 14.2 Å². The molecule has 18 heavy (non-hydrogen) atoms. The molecule has 0 aliphatic rings. The number of carbonyl (C=O) groups excluding carboxylic acids is 1. The lowest BCUT2D eigenvalue weighted by atomic mass is 10.4. The van der Waals surface area contributed by atoms with Gasteiger partial charge in [-0.25, -0.2) is 9.78 Å². The molecule has 0 aliphatic carbocycles. The molecule has 0 fully saturated rings. The van der Waals surface area contributed by atoms with E-state index in [-0.39, 0.29) is 0 Å². The van der Waals surface area contributed by atoms with Crippen LogP contribution in [-0.4, -0.2) is 51.0 Å². The maximum Gasteiger partial charge on any atom is 0.360 e. The third-order valence-electron chi connectivity index (χ3n) is 2.00. The second-order valence-electron chi connectivity index (χ2n) is 3.28. The lowest BCUT2D eigenvalue weighted by molar-refractivity contribution is 0.0521. The number of carbonyl (C=O) groups is 1. The first kappa shape index (κ1) is 14.9. The molecule has 0 aliphatic heterocycles. The van der Waals surface area contributed by atoms with Gasteiger partial charge in [0.25, 0.3) is 0 Å². The van der Waals surface area contributed by atoms with Gasteiger partial charge >= 0.3 is 5.97 Å². The van der Waals surface area contributed by atoms with Crippen molar-refractivity contribution in [1.29, 1.82) is 0 Å². The molecule has 102 valence electrons. The Labute approximate surface area is 110 Å².